The van der Waals surface area contributed by atoms with Gasteiger partial charge in [0, 0.05) is 0 Å². The number of carbonyl (C=O) groups is 2. The molecule has 2 aliphatic carbocycles. The van der Waals surface area contributed by atoms with Gasteiger partial charge in [0.25, 0.3) is 0 Å². The highest BCUT2D eigenvalue weighted by atomic mass is 16.4. The summed E-state index contributed by atoms with van der Waals surface area (Å²) in [5.74, 6) is -2.27. The Kier molecular flexibility index (Phi) is 4.18. The van der Waals surface area contributed by atoms with Gasteiger partial charge in [0.05, 0.1) is 24.0 Å². The maximum Gasteiger partial charge on any atom is 0.307 e. The highest BCUT2D eigenvalue weighted by Crippen LogP contribution is 2.48. The average Bonchev–Trinajstić information content (AvgIpc) is 3.05. The van der Waals surface area contributed by atoms with Crippen LogP contribution >= 0.6 is 0 Å². The maximum absolute atomic E-state index is 12.5. The van der Waals surface area contributed by atoms with Gasteiger partial charge in [-0.25, -0.2) is 0 Å². The van der Waals surface area contributed by atoms with Gasteiger partial charge < -0.3 is 15.5 Å². The molecule has 0 aromatic carbocycles. The number of allylic oxidation sites excluding steroid dienone is 2. The quantitative estimate of drug-likeness (QED) is 0.638. The van der Waals surface area contributed by atoms with Crippen molar-refractivity contribution in [2.75, 3.05) is 6.61 Å². The molecule has 3 N–H and O–H groups in total. The molecule has 0 saturated heterocycles. The summed E-state index contributed by atoms with van der Waals surface area (Å²) >= 11 is 0. The molecular weight excluding hydrogens is 258 g/mol. The molecule has 4 atom stereocenters. The lowest BCUT2D eigenvalue weighted by atomic mass is 9.81. The zero-order chi connectivity index (χ0) is 14.9. The Morgan fingerprint density at radius 1 is 1.20 bits per heavy atom. The molecule has 0 aromatic heterocycles. The van der Waals surface area contributed by atoms with Crippen LogP contribution in [0.5, 0.6) is 0 Å². The van der Waals surface area contributed by atoms with Crippen molar-refractivity contribution in [3.8, 4) is 0 Å². The van der Waals surface area contributed by atoms with E-state index < -0.39 is 23.3 Å². The zero-order valence-electron chi connectivity index (χ0n) is 12.0. The van der Waals surface area contributed by atoms with Crippen molar-refractivity contribution in [3.05, 3.63) is 12.2 Å². The molecule has 0 heterocycles. The van der Waals surface area contributed by atoms with Crippen molar-refractivity contribution in [3.63, 3.8) is 0 Å². The fourth-order valence-corrected chi connectivity index (χ4v) is 3.55. The number of aliphatic carboxylic acids is 1. The predicted molar refractivity (Wildman–Crippen MR) is 73.9 cm³/mol. The molecule has 1 fully saturated rings. The van der Waals surface area contributed by atoms with Crippen LogP contribution in [0.4, 0.5) is 0 Å². The second-order valence-electron chi connectivity index (χ2n) is 5.97. The number of carboxylic acids is 1. The Labute approximate surface area is 119 Å². The summed E-state index contributed by atoms with van der Waals surface area (Å²) in [6.07, 6.45) is 5.89. The van der Waals surface area contributed by atoms with Crippen LogP contribution in [-0.2, 0) is 9.59 Å². The van der Waals surface area contributed by atoms with E-state index in [0.29, 0.717) is 12.8 Å². The molecule has 2 bridgehead atoms. The van der Waals surface area contributed by atoms with E-state index in [4.69, 9.17) is 0 Å². The Balaban J connectivity index is 2.16. The summed E-state index contributed by atoms with van der Waals surface area (Å²) < 4.78 is 0. The van der Waals surface area contributed by atoms with E-state index in [2.05, 4.69) is 5.32 Å². The number of rotatable bonds is 6. The van der Waals surface area contributed by atoms with Crippen molar-refractivity contribution in [2.24, 2.45) is 23.7 Å². The number of aliphatic hydroxyl groups excluding tert-OH is 1. The first-order valence-electron chi connectivity index (χ1n) is 7.32. The van der Waals surface area contributed by atoms with E-state index >= 15 is 0 Å². The third-order valence-electron chi connectivity index (χ3n) is 5.09. The van der Waals surface area contributed by atoms with Gasteiger partial charge in [-0.05, 0) is 31.1 Å². The van der Waals surface area contributed by atoms with Gasteiger partial charge in [0.1, 0.15) is 0 Å². The van der Waals surface area contributed by atoms with Crippen LogP contribution in [0.3, 0.4) is 0 Å². The molecule has 0 aromatic rings. The molecule has 0 aliphatic heterocycles. The monoisotopic (exact) mass is 281 g/mol. The Morgan fingerprint density at radius 2 is 1.75 bits per heavy atom. The smallest absolute Gasteiger partial charge is 0.307 e. The number of fused-ring (bicyclic) bond motifs is 2. The summed E-state index contributed by atoms with van der Waals surface area (Å²) in [6.45, 7) is 3.70. The Bertz CT molecular complexity index is 419. The van der Waals surface area contributed by atoms with Crippen LogP contribution in [0.1, 0.15) is 33.1 Å². The molecule has 2 aliphatic rings. The van der Waals surface area contributed by atoms with Crippen molar-refractivity contribution < 1.29 is 19.8 Å². The van der Waals surface area contributed by atoms with Crippen molar-refractivity contribution in [2.45, 2.75) is 38.6 Å². The predicted octanol–water partition coefficient (Wildman–Crippen LogP) is 1.18. The summed E-state index contributed by atoms with van der Waals surface area (Å²) in [5.41, 5.74) is -0.633. The molecular formula is C15H23NO4. The molecule has 5 nitrogen and oxygen atoms in total. The van der Waals surface area contributed by atoms with E-state index in [1.165, 1.54) is 0 Å². The lowest BCUT2D eigenvalue weighted by Gasteiger charge is -2.34. The number of hydrogen-bond acceptors (Lipinski definition) is 3. The minimum atomic E-state index is -0.899. The summed E-state index contributed by atoms with van der Waals surface area (Å²) in [5, 5.41) is 21.8. The second-order valence-corrected chi connectivity index (χ2v) is 5.97. The first-order valence-corrected chi connectivity index (χ1v) is 7.32. The molecule has 1 amide bonds. The molecule has 2 rings (SSSR count). The van der Waals surface area contributed by atoms with Gasteiger partial charge in [-0.2, -0.15) is 0 Å². The van der Waals surface area contributed by atoms with Gasteiger partial charge in [-0.15, -0.1) is 0 Å². The highest BCUT2D eigenvalue weighted by molar-refractivity contribution is 5.87. The molecule has 5 heteroatoms. The molecule has 112 valence electrons. The van der Waals surface area contributed by atoms with E-state index in [9.17, 15) is 19.8 Å². The lowest BCUT2D eigenvalue weighted by molar-refractivity contribution is -0.148. The number of amides is 1. The van der Waals surface area contributed by atoms with Gasteiger partial charge in [0.15, 0.2) is 0 Å². The number of hydrogen-bond donors (Lipinski definition) is 3. The van der Waals surface area contributed by atoms with Crippen LogP contribution < -0.4 is 5.32 Å². The lowest BCUT2D eigenvalue weighted by Crippen LogP contribution is -2.54. The van der Waals surface area contributed by atoms with Crippen LogP contribution in [0.25, 0.3) is 0 Å². The number of carboxylic acid groups (broad SMARTS) is 1. The number of aliphatic hydroxyl groups is 1. The van der Waals surface area contributed by atoms with Crippen LogP contribution in [-0.4, -0.2) is 34.2 Å². The highest BCUT2D eigenvalue weighted by Gasteiger charge is 2.52. The van der Waals surface area contributed by atoms with Crippen LogP contribution in [0, 0.1) is 23.7 Å². The Hall–Kier alpha value is -1.36. The summed E-state index contributed by atoms with van der Waals surface area (Å²) in [7, 11) is 0. The zero-order valence-corrected chi connectivity index (χ0v) is 12.0. The first kappa shape index (κ1) is 15.0. The largest absolute Gasteiger partial charge is 0.481 e. The van der Waals surface area contributed by atoms with E-state index in [-0.39, 0.29) is 24.3 Å². The van der Waals surface area contributed by atoms with Gasteiger partial charge in [0.2, 0.25) is 5.91 Å². The number of carbonyl (C=O) groups excluding carboxylic acids is 1. The average molecular weight is 281 g/mol. The van der Waals surface area contributed by atoms with Crippen molar-refractivity contribution in [1.82, 2.24) is 5.32 Å². The molecule has 0 radical (unpaired) electrons. The molecule has 0 spiro atoms. The molecule has 1 saturated carbocycles. The normalized spacial score (nSPS) is 31.6. The minimum absolute atomic E-state index is 0.0196. The van der Waals surface area contributed by atoms with Gasteiger partial charge in [-0.3, -0.25) is 9.59 Å². The van der Waals surface area contributed by atoms with Crippen molar-refractivity contribution >= 4 is 11.9 Å². The standard InChI is InChI=1S/C15H23NO4/c1-3-15(4-2,8-17)16-13(18)11-9-5-6-10(7-9)12(11)14(19)20/h5-6,9-12,17H,3-4,7-8H2,1-2H3,(H,16,18)(H,19,20). The Morgan fingerprint density at radius 3 is 2.20 bits per heavy atom. The fraction of sp³-hybridized carbons (Fsp3) is 0.733. The van der Waals surface area contributed by atoms with Crippen molar-refractivity contribution in [1.29, 1.82) is 0 Å². The second kappa shape index (κ2) is 5.56. The van der Waals surface area contributed by atoms with Crippen LogP contribution in [0.15, 0.2) is 12.2 Å². The first-order chi connectivity index (χ1) is 9.48. The van der Waals surface area contributed by atoms with E-state index in [1.54, 1.807) is 0 Å². The van der Waals surface area contributed by atoms with E-state index in [1.807, 2.05) is 26.0 Å². The fourth-order valence-electron chi connectivity index (χ4n) is 3.55. The SMILES string of the molecule is CCC(CC)(CO)NC(=O)C1C2C=CC(C2)C1C(=O)O. The third-order valence-corrected chi connectivity index (χ3v) is 5.09. The topological polar surface area (TPSA) is 86.6 Å². The van der Waals surface area contributed by atoms with Gasteiger partial charge >= 0.3 is 5.97 Å². The van der Waals surface area contributed by atoms with E-state index in [0.717, 1.165) is 6.42 Å². The van der Waals surface area contributed by atoms with Crippen LogP contribution in [0.2, 0.25) is 0 Å². The number of nitrogens with one attached hydrogen (secondary N) is 1. The molecule has 4 unspecified atom stereocenters. The third kappa shape index (κ3) is 2.35. The van der Waals surface area contributed by atoms with Gasteiger partial charge in [-0.1, -0.05) is 26.0 Å². The summed E-state index contributed by atoms with van der Waals surface area (Å²) in [6, 6.07) is 0. The summed E-state index contributed by atoms with van der Waals surface area (Å²) in [4.78, 5) is 23.9. The maximum atomic E-state index is 12.5. The molecule has 20 heavy (non-hydrogen) atoms. The minimum Gasteiger partial charge on any atom is -0.481 e.